The van der Waals surface area contributed by atoms with Gasteiger partial charge in [0.1, 0.15) is 11.5 Å². The van der Waals surface area contributed by atoms with Gasteiger partial charge in [0.15, 0.2) is 0 Å². The van der Waals surface area contributed by atoms with Crippen molar-refractivity contribution < 1.29 is 9.66 Å². The second-order valence-electron chi connectivity index (χ2n) is 4.10. The van der Waals surface area contributed by atoms with Gasteiger partial charge in [-0.1, -0.05) is 33.6 Å². The summed E-state index contributed by atoms with van der Waals surface area (Å²) < 4.78 is 5.74. The van der Waals surface area contributed by atoms with Gasteiger partial charge >= 0.3 is 0 Å². The fraction of sp³-hybridized carbons (Fsp3) is 0.143. The molecule has 2 rings (SSSR count). The molecular weight excluding hydrogens is 310 g/mol. The fourth-order valence-electron chi connectivity index (χ4n) is 1.62. The summed E-state index contributed by atoms with van der Waals surface area (Å²) in [6.07, 6.45) is 0. The lowest BCUT2D eigenvalue weighted by atomic mass is 10.2. The van der Waals surface area contributed by atoms with Crippen LogP contribution in [0.4, 0.5) is 5.69 Å². The number of aryl methyl sites for hydroxylation is 1. The molecule has 0 aliphatic rings. The highest BCUT2D eigenvalue weighted by atomic mass is 79.9. The average molecular weight is 322 g/mol. The smallest absolute Gasteiger partial charge is 0.270 e. The topological polar surface area (TPSA) is 52.4 Å². The lowest BCUT2D eigenvalue weighted by molar-refractivity contribution is -0.384. The van der Waals surface area contributed by atoms with Crippen molar-refractivity contribution in [3.8, 4) is 11.5 Å². The summed E-state index contributed by atoms with van der Waals surface area (Å²) in [4.78, 5) is 10.3. The number of rotatable bonds is 4. The molecule has 5 heteroatoms. The summed E-state index contributed by atoms with van der Waals surface area (Å²) in [7, 11) is 0. The van der Waals surface area contributed by atoms with E-state index >= 15 is 0 Å². The quantitative estimate of drug-likeness (QED) is 0.470. The second kappa shape index (κ2) is 5.84. The maximum Gasteiger partial charge on any atom is 0.270 e. The van der Waals surface area contributed by atoms with Crippen molar-refractivity contribution in [2.24, 2.45) is 0 Å². The zero-order valence-electron chi connectivity index (χ0n) is 10.3. The zero-order valence-corrected chi connectivity index (χ0v) is 11.9. The van der Waals surface area contributed by atoms with Gasteiger partial charge in [-0.25, -0.2) is 0 Å². The number of hydrogen-bond donors (Lipinski definition) is 0. The van der Waals surface area contributed by atoms with Gasteiger partial charge in [0.05, 0.1) is 4.92 Å². The molecule has 0 heterocycles. The minimum absolute atomic E-state index is 0.0608. The van der Waals surface area contributed by atoms with Gasteiger partial charge in [0.25, 0.3) is 5.69 Å². The molecule has 2 aromatic carbocycles. The van der Waals surface area contributed by atoms with Crippen LogP contribution < -0.4 is 4.74 Å². The van der Waals surface area contributed by atoms with E-state index in [0.717, 1.165) is 11.1 Å². The Bertz CT molecular complexity index is 596. The van der Waals surface area contributed by atoms with Crippen LogP contribution in [0.3, 0.4) is 0 Å². The van der Waals surface area contributed by atoms with Crippen molar-refractivity contribution in [1.29, 1.82) is 0 Å². The maximum atomic E-state index is 10.7. The van der Waals surface area contributed by atoms with Crippen LogP contribution in [0.25, 0.3) is 0 Å². The summed E-state index contributed by atoms with van der Waals surface area (Å²) in [5.41, 5.74) is 1.96. The van der Waals surface area contributed by atoms with E-state index in [0.29, 0.717) is 16.8 Å². The molecule has 0 saturated heterocycles. The number of hydrogen-bond acceptors (Lipinski definition) is 3. The number of nitro groups is 1. The zero-order chi connectivity index (χ0) is 13.8. The van der Waals surface area contributed by atoms with Crippen LogP contribution in [-0.4, -0.2) is 4.92 Å². The first-order chi connectivity index (χ1) is 9.10. The molecule has 0 saturated carbocycles. The Kier molecular flexibility index (Phi) is 4.16. The Morgan fingerprint density at radius 2 is 1.89 bits per heavy atom. The molecule has 0 N–H and O–H groups in total. The summed E-state index contributed by atoms with van der Waals surface area (Å²) in [6, 6.07) is 12.2. The van der Waals surface area contributed by atoms with Crippen LogP contribution in [0.5, 0.6) is 11.5 Å². The predicted octanol–water partition coefficient (Wildman–Crippen LogP) is 4.59. The normalized spacial score (nSPS) is 10.2. The van der Waals surface area contributed by atoms with Crippen molar-refractivity contribution in [1.82, 2.24) is 0 Å². The Hall–Kier alpha value is -1.88. The molecule has 2 aromatic rings. The molecule has 0 spiro atoms. The molecule has 0 unspecified atom stereocenters. The number of non-ortho nitro benzene ring substituents is 1. The van der Waals surface area contributed by atoms with E-state index in [-0.39, 0.29) is 5.69 Å². The Balaban J connectivity index is 2.29. The van der Waals surface area contributed by atoms with Crippen molar-refractivity contribution in [3.63, 3.8) is 0 Å². The fourth-order valence-corrected chi connectivity index (χ4v) is 2.05. The Morgan fingerprint density at radius 1 is 1.21 bits per heavy atom. The Morgan fingerprint density at radius 3 is 2.47 bits per heavy atom. The number of benzene rings is 2. The van der Waals surface area contributed by atoms with Crippen molar-refractivity contribution in [2.75, 3.05) is 0 Å². The first-order valence-corrected chi connectivity index (χ1v) is 6.80. The number of nitro benzene ring substituents is 1. The molecule has 0 aliphatic heterocycles. The average Bonchev–Trinajstić information content (AvgIpc) is 2.41. The standard InChI is InChI=1S/C14H12BrNO3/c1-10-2-5-13(6-3-10)19-14-7-4-12(16(17)18)8-11(14)9-15/h2-8H,9H2,1H3. The molecule has 19 heavy (non-hydrogen) atoms. The van der Waals surface area contributed by atoms with E-state index in [1.54, 1.807) is 6.07 Å². The molecule has 0 radical (unpaired) electrons. The highest BCUT2D eigenvalue weighted by Gasteiger charge is 2.11. The third-order valence-electron chi connectivity index (χ3n) is 2.65. The predicted molar refractivity (Wildman–Crippen MR) is 77.0 cm³/mol. The first kappa shape index (κ1) is 13.5. The third kappa shape index (κ3) is 3.32. The highest BCUT2D eigenvalue weighted by molar-refractivity contribution is 9.08. The SMILES string of the molecule is Cc1ccc(Oc2ccc([N+](=O)[O-])cc2CBr)cc1. The summed E-state index contributed by atoms with van der Waals surface area (Å²) in [5.74, 6) is 1.33. The first-order valence-electron chi connectivity index (χ1n) is 5.68. The van der Waals surface area contributed by atoms with Crippen LogP contribution in [0, 0.1) is 17.0 Å². The summed E-state index contributed by atoms with van der Waals surface area (Å²) in [5, 5.41) is 11.2. The third-order valence-corrected chi connectivity index (χ3v) is 3.25. The van der Waals surface area contributed by atoms with E-state index in [1.807, 2.05) is 31.2 Å². The molecule has 0 atom stereocenters. The number of halogens is 1. The summed E-state index contributed by atoms with van der Waals surface area (Å²) in [6.45, 7) is 2.00. The molecule has 98 valence electrons. The number of ether oxygens (including phenoxy) is 1. The van der Waals surface area contributed by atoms with Gasteiger partial charge in [-0.2, -0.15) is 0 Å². The largest absolute Gasteiger partial charge is 0.457 e. The van der Waals surface area contributed by atoms with Gasteiger partial charge < -0.3 is 4.74 Å². The molecular formula is C14H12BrNO3. The van der Waals surface area contributed by atoms with E-state index in [9.17, 15) is 10.1 Å². The van der Waals surface area contributed by atoms with Gasteiger partial charge in [0.2, 0.25) is 0 Å². The van der Waals surface area contributed by atoms with Crippen LogP contribution >= 0.6 is 15.9 Å². The van der Waals surface area contributed by atoms with E-state index < -0.39 is 4.92 Å². The van der Waals surface area contributed by atoms with Crippen LogP contribution in [0.2, 0.25) is 0 Å². The number of alkyl halides is 1. The van der Waals surface area contributed by atoms with Crippen molar-refractivity contribution in [3.05, 3.63) is 63.7 Å². The molecule has 0 aromatic heterocycles. The lowest BCUT2D eigenvalue weighted by Crippen LogP contribution is -1.93. The van der Waals surface area contributed by atoms with Gasteiger partial charge in [-0.3, -0.25) is 10.1 Å². The highest BCUT2D eigenvalue weighted by Crippen LogP contribution is 2.30. The number of nitrogens with zero attached hydrogens (tertiary/aromatic N) is 1. The van der Waals surface area contributed by atoms with Crippen molar-refractivity contribution >= 4 is 21.6 Å². The molecule has 0 bridgehead atoms. The lowest BCUT2D eigenvalue weighted by Gasteiger charge is -2.09. The maximum absolute atomic E-state index is 10.7. The van der Waals surface area contributed by atoms with E-state index in [4.69, 9.17) is 4.74 Å². The minimum Gasteiger partial charge on any atom is -0.457 e. The summed E-state index contributed by atoms with van der Waals surface area (Å²) >= 11 is 3.31. The van der Waals surface area contributed by atoms with Crippen LogP contribution in [-0.2, 0) is 5.33 Å². The molecule has 0 fully saturated rings. The van der Waals surface area contributed by atoms with Crippen LogP contribution in [0.15, 0.2) is 42.5 Å². The van der Waals surface area contributed by atoms with Gasteiger partial charge in [-0.15, -0.1) is 0 Å². The molecule has 4 nitrogen and oxygen atoms in total. The van der Waals surface area contributed by atoms with Crippen LogP contribution in [0.1, 0.15) is 11.1 Å². The van der Waals surface area contributed by atoms with Gasteiger partial charge in [0, 0.05) is 23.0 Å². The van der Waals surface area contributed by atoms with E-state index in [1.165, 1.54) is 12.1 Å². The molecule has 0 amide bonds. The second-order valence-corrected chi connectivity index (χ2v) is 4.66. The monoisotopic (exact) mass is 321 g/mol. The minimum atomic E-state index is -0.415. The van der Waals surface area contributed by atoms with Gasteiger partial charge in [-0.05, 0) is 25.1 Å². The Labute approximate surface area is 119 Å². The van der Waals surface area contributed by atoms with Crippen molar-refractivity contribution in [2.45, 2.75) is 12.3 Å². The van der Waals surface area contributed by atoms with E-state index in [2.05, 4.69) is 15.9 Å². The molecule has 0 aliphatic carbocycles.